The summed E-state index contributed by atoms with van der Waals surface area (Å²) >= 11 is 2.96. The number of benzene rings is 2. The zero-order chi connectivity index (χ0) is 15.6. The highest BCUT2D eigenvalue weighted by Gasteiger charge is 2.31. The highest BCUT2D eigenvalue weighted by Crippen LogP contribution is 2.24. The van der Waals surface area contributed by atoms with Crippen molar-refractivity contribution >= 4 is 21.7 Å². The largest absolute Gasteiger partial charge is 0.573 e. The van der Waals surface area contributed by atoms with Crippen molar-refractivity contribution in [2.75, 3.05) is 0 Å². The Bertz CT molecular complexity index is 666. The van der Waals surface area contributed by atoms with Gasteiger partial charge >= 0.3 is 6.36 Å². The van der Waals surface area contributed by atoms with Crippen molar-refractivity contribution < 1.29 is 27.1 Å². The van der Waals surface area contributed by atoms with Crippen molar-refractivity contribution in [3.8, 4) is 5.75 Å². The van der Waals surface area contributed by atoms with Crippen LogP contribution in [0.1, 0.15) is 15.9 Å². The number of halogens is 5. The lowest BCUT2D eigenvalue weighted by atomic mass is 10.0. The minimum absolute atomic E-state index is 0.130. The van der Waals surface area contributed by atoms with E-state index in [9.17, 15) is 22.4 Å². The van der Waals surface area contributed by atoms with Crippen molar-refractivity contribution in [1.82, 2.24) is 0 Å². The van der Waals surface area contributed by atoms with Gasteiger partial charge in [-0.2, -0.15) is 0 Å². The van der Waals surface area contributed by atoms with E-state index in [0.717, 1.165) is 18.2 Å². The lowest BCUT2D eigenvalue weighted by Gasteiger charge is -2.09. The Labute approximate surface area is 125 Å². The summed E-state index contributed by atoms with van der Waals surface area (Å²) in [7, 11) is 0. The molecule has 0 aliphatic heterocycles. The second-order valence-corrected chi connectivity index (χ2v) is 4.88. The van der Waals surface area contributed by atoms with E-state index in [1.54, 1.807) is 0 Å². The van der Waals surface area contributed by atoms with Crippen LogP contribution in [0.15, 0.2) is 46.9 Å². The van der Waals surface area contributed by atoms with Crippen LogP contribution in [0, 0.1) is 5.82 Å². The van der Waals surface area contributed by atoms with Crippen molar-refractivity contribution in [1.29, 1.82) is 0 Å². The van der Waals surface area contributed by atoms with Crippen molar-refractivity contribution in [2.45, 2.75) is 6.36 Å². The van der Waals surface area contributed by atoms with Gasteiger partial charge in [-0.3, -0.25) is 4.79 Å². The van der Waals surface area contributed by atoms with Gasteiger partial charge < -0.3 is 4.74 Å². The van der Waals surface area contributed by atoms with Gasteiger partial charge in [0.15, 0.2) is 5.78 Å². The van der Waals surface area contributed by atoms with Crippen LogP contribution >= 0.6 is 15.9 Å². The van der Waals surface area contributed by atoms with E-state index in [4.69, 9.17) is 0 Å². The number of hydrogen-bond donors (Lipinski definition) is 0. The molecule has 0 radical (unpaired) electrons. The summed E-state index contributed by atoms with van der Waals surface area (Å²) in [5, 5.41) is 0. The zero-order valence-electron chi connectivity index (χ0n) is 10.2. The van der Waals surface area contributed by atoms with Gasteiger partial charge in [-0.1, -0.05) is 0 Å². The van der Waals surface area contributed by atoms with Crippen LogP contribution in [0.3, 0.4) is 0 Å². The van der Waals surface area contributed by atoms with Gasteiger partial charge in [0.1, 0.15) is 11.6 Å². The number of ether oxygens (including phenoxy) is 1. The second-order valence-electron chi connectivity index (χ2n) is 4.03. The summed E-state index contributed by atoms with van der Waals surface area (Å²) in [5.74, 6) is -1.37. The normalized spacial score (nSPS) is 11.3. The molecule has 0 aliphatic carbocycles. The lowest BCUT2D eigenvalue weighted by molar-refractivity contribution is -0.274. The molecular weight excluding hydrogens is 356 g/mol. The molecule has 7 heteroatoms. The Morgan fingerprint density at radius 1 is 1.00 bits per heavy atom. The molecule has 0 heterocycles. The van der Waals surface area contributed by atoms with Crippen molar-refractivity contribution in [2.24, 2.45) is 0 Å². The molecule has 2 rings (SSSR count). The fourth-order valence-electron chi connectivity index (χ4n) is 1.61. The summed E-state index contributed by atoms with van der Waals surface area (Å²) < 4.78 is 53.0. The number of rotatable bonds is 3. The first-order valence-corrected chi connectivity index (χ1v) is 6.41. The van der Waals surface area contributed by atoms with Crippen molar-refractivity contribution in [3.05, 3.63) is 63.9 Å². The molecule has 0 aliphatic rings. The minimum Gasteiger partial charge on any atom is -0.406 e. The Kier molecular flexibility index (Phi) is 4.32. The van der Waals surface area contributed by atoms with Crippen LogP contribution in [0.25, 0.3) is 0 Å². The monoisotopic (exact) mass is 362 g/mol. The molecular formula is C14H7BrF4O2. The molecule has 0 saturated carbocycles. The molecule has 110 valence electrons. The van der Waals surface area contributed by atoms with E-state index >= 15 is 0 Å². The van der Waals surface area contributed by atoms with Gasteiger partial charge in [0.05, 0.1) is 4.47 Å². The van der Waals surface area contributed by atoms with Crippen molar-refractivity contribution in [3.63, 3.8) is 0 Å². The molecule has 21 heavy (non-hydrogen) atoms. The maximum absolute atomic E-state index is 13.1. The average molecular weight is 363 g/mol. The molecule has 0 amide bonds. The Hall–Kier alpha value is -1.89. The number of alkyl halides is 3. The van der Waals surface area contributed by atoms with E-state index in [-0.39, 0.29) is 15.6 Å². The Morgan fingerprint density at radius 2 is 1.57 bits per heavy atom. The summed E-state index contributed by atoms with van der Waals surface area (Å²) in [6.45, 7) is 0. The Balaban J connectivity index is 2.22. The van der Waals surface area contributed by atoms with E-state index in [1.165, 1.54) is 24.3 Å². The molecule has 0 spiro atoms. The number of carbonyl (C=O) groups excluding carboxylic acids is 1. The number of carbonyl (C=O) groups is 1. The van der Waals surface area contributed by atoms with Gasteiger partial charge in [0, 0.05) is 11.1 Å². The van der Waals surface area contributed by atoms with E-state index in [2.05, 4.69) is 20.7 Å². The van der Waals surface area contributed by atoms with Crippen LogP contribution < -0.4 is 4.74 Å². The SMILES string of the molecule is O=C(c1ccc(OC(F)(F)F)cc1)c1ccc(F)c(Br)c1. The summed E-state index contributed by atoms with van der Waals surface area (Å²) in [6, 6.07) is 8.22. The first-order chi connectivity index (χ1) is 9.76. The number of hydrogen-bond acceptors (Lipinski definition) is 2. The van der Waals surface area contributed by atoms with Gasteiger partial charge in [-0.15, -0.1) is 13.2 Å². The van der Waals surface area contributed by atoms with Gasteiger partial charge in [0.2, 0.25) is 0 Å². The molecule has 2 aromatic rings. The van der Waals surface area contributed by atoms with Crippen LogP contribution in [0.2, 0.25) is 0 Å². The predicted molar refractivity (Wildman–Crippen MR) is 70.7 cm³/mol. The van der Waals surface area contributed by atoms with Gasteiger partial charge in [-0.05, 0) is 58.4 Å². The lowest BCUT2D eigenvalue weighted by Crippen LogP contribution is -2.17. The topological polar surface area (TPSA) is 26.3 Å². The molecule has 2 aromatic carbocycles. The molecule has 0 saturated heterocycles. The molecule has 0 fully saturated rings. The average Bonchev–Trinajstić information content (AvgIpc) is 2.40. The van der Waals surface area contributed by atoms with E-state index < -0.39 is 23.7 Å². The third-order valence-corrected chi connectivity index (χ3v) is 3.14. The van der Waals surface area contributed by atoms with Crippen LogP contribution in [0.4, 0.5) is 17.6 Å². The molecule has 0 bridgehead atoms. The molecule has 0 N–H and O–H groups in total. The molecule has 0 unspecified atom stereocenters. The summed E-state index contributed by atoms with van der Waals surface area (Å²) in [6.07, 6.45) is -4.78. The molecule has 0 aromatic heterocycles. The fourth-order valence-corrected chi connectivity index (χ4v) is 1.99. The highest BCUT2D eigenvalue weighted by atomic mass is 79.9. The molecule has 0 atom stereocenters. The second kappa shape index (κ2) is 5.85. The smallest absolute Gasteiger partial charge is 0.406 e. The van der Waals surface area contributed by atoms with Gasteiger partial charge in [0.25, 0.3) is 0 Å². The predicted octanol–water partition coefficient (Wildman–Crippen LogP) is 4.72. The highest BCUT2D eigenvalue weighted by molar-refractivity contribution is 9.10. The molecule has 2 nitrogen and oxygen atoms in total. The van der Waals surface area contributed by atoms with Crippen LogP contribution in [-0.2, 0) is 0 Å². The van der Waals surface area contributed by atoms with E-state index in [1.807, 2.05) is 0 Å². The summed E-state index contributed by atoms with van der Waals surface area (Å²) in [4.78, 5) is 12.1. The third-order valence-electron chi connectivity index (χ3n) is 2.53. The van der Waals surface area contributed by atoms with Gasteiger partial charge in [-0.25, -0.2) is 4.39 Å². The quantitative estimate of drug-likeness (QED) is 0.583. The minimum atomic E-state index is -4.78. The maximum Gasteiger partial charge on any atom is 0.573 e. The van der Waals surface area contributed by atoms with Crippen LogP contribution in [-0.4, -0.2) is 12.1 Å². The van der Waals surface area contributed by atoms with Crippen LogP contribution in [0.5, 0.6) is 5.75 Å². The van der Waals surface area contributed by atoms with E-state index in [0.29, 0.717) is 0 Å². The zero-order valence-corrected chi connectivity index (χ0v) is 11.8. The maximum atomic E-state index is 13.1. The summed E-state index contributed by atoms with van der Waals surface area (Å²) in [5.41, 5.74) is 0.385. The number of ketones is 1. The first kappa shape index (κ1) is 15.5. The fraction of sp³-hybridized carbons (Fsp3) is 0.0714. The Morgan fingerprint density at radius 3 is 2.10 bits per heavy atom. The third kappa shape index (κ3) is 4.04. The first-order valence-electron chi connectivity index (χ1n) is 5.62. The standard InChI is InChI=1S/C14H7BrF4O2/c15-11-7-9(3-6-12(11)16)13(20)8-1-4-10(5-2-8)21-14(17,18)19/h1-7H.